The van der Waals surface area contributed by atoms with Gasteiger partial charge in [-0.15, -0.1) is 0 Å². The molecule has 0 aliphatic carbocycles. The Hall–Kier alpha value is -4.06. The molecule has 1 heterocycles. The molecule has 0 bridgehead atoms. The minimum Gasteiger partial charge on any atom is -0.457 e. The van der Waals surface area contributed by atoms with E-state index in [-0.39, 0.29) is 12.5 Å². The first-order chi connectivity index (χ1) is 18.0. The second-order valence-electron chi connectivity index (χ2n) is 8.50. The SMILES string of the molecule is Cc1cc(Cl)cc(Cl)c1CNC(=O)c1cncn1-c1cccc(-c2ccc(Oc3ccccc3)cc2)c1. The fraction of sp³-hybridized carbons (Fsp3) is 0.0667. The number of benzene rings is 4. The molecule has 37 heavy (non-hydrogen) atoms. The van der Waals surface area contributed by atoms with E-state index >= 15 is 0 Å². The van der Waals surface area contributed by atoms with Crippen LogP contribution in [0.1, 0.15) is 21.6 Å². The maximum atomic E-state index is 13.1. The van der Waals surface area contributed by atoms with E-state index in [1.165, 1.54) is 0 Å². The molecule has 0 aliphatic rings. The van der Waals surface area contributed by atoms with Gasteiger partial charge in [0.1, 0.15) is 17.2 Å². The first kappa shape index (κ1) is 24.6. The molecule has 0 unspecified atom stereocenters. The molecule has 0 saturated carbocycles. The van der Waals surface area contributed by atoms with E-state index in [1.54, 1.807) is 23.2 Å². The van der Waals surface area contributed by atoms with Gasteiger partial charge in [0.15, 0.2) is 0 Å². The lowest BCUT2D eigenvalue weighted by atomic mass is 10.0. The number of rotatable bonds is 7. The van der Waals surface area contributed by atoms with Crippen LogP contribution in [0, 0.1) is 6.92 Å². The number of carbonyl (C=O) groups excluding carboxylic acids is 1. The van der Waals surface area contributed by atoms with Gasteiger partial charge in [-0.2, -0.15) is 0 Å². The summed E-state index contributed by atoms with van der Waals surface area (Å²) in [7, 11) is 0. The van der Waals surface area contributed by atoms with Gasteiger partial charge in [0.25, 0.3) is 5.91 Å². The minimum absolute atomic E-state index is 0.254. The fourth-order valence-electron chi connectivity index (χ4n) is 4.06. The van der Waals surface area contributed by atoms with Gasteiger partial charge in [-0.25, -0.2) is 4.98 Å². The molecule has 184 valence electrons. The van der Waals surface area contributed by atoms with Crippen LogP contribution < -0.4 is 10.1 Å². The highest BCUT2D eigenvalue weighted by atomic mass is 35.5. The van der Waals surface area contributed by atoms with E-state index < -0.39 is 0 Å². The maximum absolute atomic E-state index is 13.1. The molecule has 7 heteroatoms. The maximum Gasteiger partial charge on any atom is 0.270 e. The Morgan fingerprint density at radius 2 is 1.65 bits per heavy atom. The largest absolute Gasteiger partial charge is 0.457 e. The highest BCUT2D eigenvalue weighted by Gasteiger charge is 2.15. The Balaban J connectivity index is 1.33. The summed E-state index contributed by atoms with van der Waals surface area (Å²) in [5, 5.41) is 4.03. The third-order valence-corrected chi connectivity index (χ3v) is 6.53. The van der Waals surface area contributed by atoms with Gasteiger partial charge in [-0.3, -0.25) is 9.36 Å². The van der Waals surface area contributed by atoms with Crippen molar-refractivity contribution in [3.05, 3.63) is 130 Å². The molecule has 5 aromatic rings. The zero-order valence-corrected chi connectivity index (χ0v) is 21.5. The van der Waals surface area contributed by atoms with Crippen molar-refractivity contribution in [2.45, 2.75) is 13.5 Å². The Kier molecular flexibility index (Phi) is 7.26. The molecular weight excluding hydrogens is 505 g/mol. The Morgan fingerprint density at radius 3 is 2.41 bits per heavy atom. The number of hydrogen-bond donors (Lipinski definition) is 1. The van der Waals surface area contributed by atoms with Crippen molar-refractivity contribution in [3.8, 4) is 28.3 Å². The summed E-state index contributed by atoms with van der Waals surface area (Å²) in [5.41, 5.74) is 5.02. The van der Waals surface area contributed by atoms with Gasteiger partial charge < -0.3 is 10.1 Å². The predicted molar refractivity (Wildman–Crippen MR) is 148 cm³/mol. The summed E-state index contributed by atoms with van der Waals surface area (Å²) in [4.78, 5) is 17.3. The summed E-state index contributed by atoms with van der Waals surface area (Å²) in [5.74, 6) is 1.29. The topological polar surface area (TPSA) is 56.2 Å². The highest BCUT2D eigenvalue weighted by Crippen LogP contribution is 2.28. The van der Waals surface area contributed by atoms with Gasteiger partial charge >= 0.3 is 0 Å². The molecule has 1 amide bonds. The first-order valence-corrected chi connectivity index (χ1v) is 12.4. The standard InChI is InChI=1S/C30H23Cl2N3O2/c1-20-14-23(31)16-28(32)27(20)17-34-30(36)29-18-33-19-35(29)24-7-5-6-22(15-24)21-10-12-26(13-11-21)37-25-8-3-2-4-9-25/h2-16,18-19H,17H2,1H3,(H,34,36). The average Bonchev–Trinajstić information content (AvgIpc) is 3.39. The van der Waals surface area contributed by atoms with Gasteiger partial charge in [0.05, 0.1) is 12.5 Å². The number of nitrogens with zero attached hydrogens (tertiary/aromatic N) is 2. The molecule has 4 aromatic carbocycles. The number of imidazole rings is 1. The lowest BCUT2D eigenvalue weighted by Gasteiger charge is -2.13. The molecule has 0 radical (unpaired) electrons. The first-order valence-electron chi connectivity index (χ1n) is 11.7. The number of nitrogens with one attached hydrogen (secondary N) is 1. The number of halogens is 2. The predicted octanol–water partition coefficient (Wildman–Crippen LogP) is 7.88. The summed E-state index contributed by atoms with van der Waals surface area (Å²) in [6, 6.07) is 29.0. The molecule has 5 nitrogen and oxygen atoms in total. The number of hydrogen-bond acceptors (Lipinski definition) is 3. The Bertz CT molecular complexity index is 1520. The molecule has 1 N–H and O–H groups in total. The number of aryl methyl sites for hydroxylation is 1. The molecule has 1 aromatic heterocycles. The van der Waals surface area contributed by atoms with Crippen LogP contribution in [0.15, 0.2) is 104 Å². The summed E-state index contributed by atoms with van der Waals surface area (Å²) in [6.45, 7) is 2.19. The van der Waals surface area contributed by atoms with Crippen LogP contribution in [-0.2, 0) is 6.54 Å². The van der Waals surface area contributed by atoms with Crippen LogP contribution in [0.4, 0.5) is 0 Å². The quantitative estimate of drug-likeness (QED) is 0.234. The van der Waals surface area contributed by atoms with Gasteiger partial charge in [-0.05, 0) is 77.7 Å². The molecule has 0 aliphatic heterocycles. The van der Waals surface area contributed by atoms with Gasteiger partial charge in [0.2, 0.25) is 0 Å². The summed E-state index contributed by atoms with van der Waals surface area (Å²) in [6.07, 6.45) is 3.18. The van der Waals surface area contributed by atoms with E-state index in [4.69, 9.17) is 27.9 Å². The van der Waals surface area contributed by atoms with Crippen molar-refractivity contribution in [1.29, 1.82) is 0 Å². The molecule has 0 atom stereocenters. The van der Waals surface area contributed by atoms with Gasteiger partial charge in [-0.1, -0.05) is 65.7 Å². The van der Waals surface area contributed by atoms with E-state index in [0.29, 0.717) is 15.7 Å². The fourth-order valence-corrected chi connectivity index (χ4v) is 4.72. The lowest BCUT2D eigenvalue weighted by Crippen LogP contribution is -2.25. The smallest absolute Gasteiger partial charge is 0.270 e. The van der Waals surface area contributed by atoms with E-state index in [0.717, 1.165) is 39.4 Å². The van der Waals surface area contributed by atoms with Crippen LogP contribution >= 0.6 is 23.2 Å². The number of para-hydroxylation sites is 1. The Morgan fingerprint density at radius 1 is 0.892 bits per heavy atom. The van der Waals surface area contributed by atoms with E-state index in [2.05, 4.69) is 10.3 Å². The zero-order valence-electron chi connectivity index (χ0n) is 20.0. The van der Waals surface area contributed by atoms with Crippen molar-refractivity contribution in [1.82, 2.24) is 14.9 Å². The van der Waals surface area contributed by atoms with Crippen molar-refractivity contribution in [2.24, 2.45) is 0 Å². The van der Waals surface area contributed by atoms with E-state index in [1.807, 2.05) is 91.9 Å². The monoisotopic (exact) mass is 527 g/mol. The van der Waals surface area contributed by atoms with Crippen LogP contribution in [0.3, 0.4) is 0 Å². The van der Waals surface area contributed by atoms with Gasteiger partial charge in [0, 0.05) is 22.3 Å². The number of carbonyl (C=O) groups is 1. The summed E-state index contributed by atoms with van der Waals surface area (Å²) < 4.78 is 7.66. The third kappa shape index (κ3) is 5.69. The van der Waals surface area contributed by atoms with Crippen molar-refractivity contribution in [3.63, 3.8) is 0 Å². The van der Waals surface area contributed by atoms with Crippen LogP contribution in [-0.4, -0.2) is 15.5 Å². The summed E-state index contributed by atoms with van der Waals surface area (Å²) >= 11 is 12.4. The molecule has 5 rings (SSSR count). The Labute approximate surface area is 225 Å². The van der Waals surface area contributed by atoms with E-state index in [9.17, 15) is 4.79 Å². The molecule has 0 fully saturated rings. The van der Waals surface area contributed by atoms with Crippen molar-refractivity contribution < 1.29 is 9.53 Å². The average molecular weight is 528 g/mol. The second kappa shape index (κ2) is 10.9. The highest BCUT2D eigenvalue weighted by molar-refractivity contribution is 6.35. The number of amides is 1. The minimum atomic E-state index is -0.254. The number of aromatic nitrogens is 2. The third-order valence-electron chi connectivity index (χ3n) is 5.97. The van der Waals surface area contributed by atoms with Crippen LogP contribution in [0.25, 0.3) is 16.8 Å². The normalized spacial score (nSPS) is 10.8. The second-order valence-corrected chi connectivity index (χ2v) is 9.35. The number of ether oxygens (including phenoxy) is 1. The van der Waals surface area contributed by atoms with Crippen molar-refractivity contribution in [2.75, 3.05) is 0 Å². The van der Waals surface area contributed by atoms with Crippen LogP contribution in [0.2, 0.25) is 10.0 Å². The lowest BCUT2D eigenvalue weighted by molar-refractivity contribution is 0.0944. The van der Waals surface area contributed by atoms with Crippen molar-refractivity contribution >= 4 is 29.1 Å². The van der Waals surface area contributed by atoms with Crippen LogP contribution in [0.5, 0.6) is 11.5 Å². The molecule has 0 saturated heterocycles. The molecular formula is C30H23Cl2N3O2. The molecule has 0 spiro atoms. The zero-order chi connectivity index (χ0) is 25.8.